The van der Waals surface area contributed by atoms with Crippen LogP contribution in [-0.2, 0) is 6.18 Å². The fraction of sp³-hybridized carbons (Fsp3) is 0.522. The van der Waals surface area contributed by atoms with E-state index < -0.39 is 11.7 Å². The summed E-state index contributed by atoms with van der Waals surface area (Å²) in [7, 11) is 0. The molecule has 0 saturated carbocycles. The molecule has 0 unspecified atom stereocenters. The Kier molecular flexibility index (Phi) is 6.54. The highest BCUT2D eigenvalue weighted by Crippen LogP contribution is 2.36. The Morgan fingerprint density at radius 1 is 1.11 bits per heavy atom. The zero-order chi connectivity index (χ0) is 24.4. The van der Waals surface area contributed by atoms with Crippen molar-refractivity contribution in [2.75, 3.05) is 30.3 Å². The summed E-state index contributed by atoms with van der Waals surface area (Å²) in [4.78, 5) is 10.7. The SMILES string of the molecule is Cc1ccc(Nc2ncc(C(F)(F)F)c(NC[C@@H]3CCCN4CCCC[C@H]34)n2)cc1-n1cnnn1. The van der Waals surface area contributed by atoms with E-state index in [0.29, 0.717) is 24.2 Å². The number of aromatic nitrogens is 6. The first kappa shape index (κ1) is 23.5. The van der Waals surface area contributed by atoms with Gasteiger partial charge in [-0.1, -0.05) is 12.5 Å². The number of rotatable bonds is 6. The van der Waals surface area contributed by atoms with Crippen molar-refractivity contribution < 1.29 is 13.2 Å². The highest BCUT2D eigenvalue weighted by molar-refractivity contribution is 5.61. The molecule has 0 amide bonds. The van der Waals surface area contributed by atoms with Gasteiger partial charge in [0.05, 0.1) is 5.69 Å². The fourth-order valence-electron chi connectivity index (χ4n) is 5.16. The molecule has 12 heteroatoms. The maximum Gasteiger partial charge on any atom is 0.421 e. The van der Waals surface area contributed by atoms with Crippen molar-refractivity contribution in [2.24, 2.45) is 5.92 Å². The summed E-state index contributed by atoms with van der Waals surface area (Å²) >= 11 is 0. The Morgan fingerprint density at radius 2 is 1.97 bits per heavy atom. The Hall–Kier alpha value is -3.28. The van der Waals surface area contributed by atoms with Gasteiger partial charge in [-0.2, -0.15) is 18.2 Å². The Balaban J connectivity index is 1.36. The van der Waals surface area contributed by atoms with Gasteiger partial charge in [-0.3, -0.25) is 0 Å². The normalized spacial score (nSPS) is 20.9. The van der Waals surface area contributed by atoms with Gasteiger partial charge >= 0.3 is 6.18 Å². The number of benzene rings is 1. The zero-order valence-corrected chi connectivity index (χ0v) is 19.5. The van der Waals surface area contributed by atoms with E-state index in [1.807, 2.05) is 13.0 Å². The molecular weight excluding hydrogens is 459 g/mol. The number of hydrogen-bond donors (Lipinski definition) is 2. The van der Waals surface area contributed by atoms with Crippen molar-refractivity contribution in [3.63, 3.8) is 0 Å². The number of nitrogens with one attached hydrogen (secondary N) is 2. The van der Waals surface area contributed by atoms with Crippen LogP contribution in [0.5, 0.6) is 0 Å². The maximum atomic E-state index is 13.7. The molecule has 4 heterocycles. The number of alkyl halides is 3. The molecular formula is C23H28F3N9. The van der Waals surface area contributed by atoms with Crippen LogP contribution in [0.1, 0.15) is 43.2 Å². The zero-order valence-electron chi connectivity index (χ0n) is 19.5. The summed E-state index contributed by atoms with van der Waals surface area (Å²) in [5.41, 5.74) is 1.41. The van der Waals surface area contributed by atoms with Crippen LogP contribution < -0.4 is 10.6 Å². The average molecular weight is 488 g/mol. The lowest BCUT2D eigenvalue weighted by Crippen LogP contribution is -2.49. The molecule has 5 rings (SSSR count). The molecule has 2 atom stereocenters. The van der Waals surface area contributed by atoms with E-state index in [1.54, 1.807) is 12.1 Å². The maximum absolute atomic E-state index is 13.7. The number of piperidine rings is 2. The minimum atomic E-state index is -4.55. The molecule has 9 nitrogen and oxygen atoms in total. The van der Waals surface area contributed by atoms with Crippen LogP contribution in [0.2, 0.25) is 0 Å². The van der Waals surface area contributed by atoms with Crippen molar-refractivity contribution in [3.8, 4) is 5.69 Å². The molecule has 186 valence electrons. The minimum absolute atomic E-state index is 0.0787. The van der Waals surface area contributed by atoms with Gasteiger partial charge in [-0.25, -0.2) is 9.67 Å². The Labute approximate surface area is 201 Å². The van der Waals surface area contributed by atoms with Crippen molar-refractivity contribution in [1.82, 2.24) is 35.1 Å². The summed E-state index contributed by atoms with van der Waals surface area (Å²) in [6, 6.07) is 5.88. The van der Waals surface area contributed by atoms with E-state index in [2.05, 4.69) is 41.0 Å². The Bertz CT molecular complexity index is 1150. The van der Waals surface area contributed by atoms with Gasteiger partial charge in [-0.15, -0.1) is 5.10 Å². The lowest BCUT2D eigenvalue weighted by Gasteiger charge is -2.44. The number of anilines is 3. The third-order valence-corrected chi connectivity index (χ3v) is 6.92. The molecule has 2 N–H and O–H groups in total. The summed E-state index contributed by atoms with van der Waals surface area (Å²) in [6.45, 7) is 4.53. The lowest BCUT2D eigenvalue weighted by atomic mass is 9.83. The van der Waals surface area contributed by atoms with Gasteiger partial charge in [0.1, 0.15) is 17.7 Å². The number of halogens is 3. The van der Waals surface area contributed by atoms with Gasteiger partial charge in [0.15, 0.2) is 0 Å². The van der Waals surface area contributed by atoms with E-state index in [4.69, 9.17) is 0 Å². The molecule has 0 radical (unpaired) electrons. The quantitative estimate of drug-likeness (QED) is 0.534. The van der Waals surface area contributed by atoms with Crippen LogP contribution in [0.4, 0.5) is 30.6 Å². The Morgan fingerprint density at radius 3 is 2.77 bits per heavy atom. The second-order valence-electron chi connectivity index (χ2n) is 9.22. The van der Waals surface area contributed by atoms with Gasteiger partial charge in [-0.05, 0) is 79.7 Å². The number of fused-ring (bicyclic) bond motifs is 1. The predicted molar refractivity (Wildman–Crippen MR) is 125 cm³/mol. The minimum Gasteiger partial charge on any atom is -0.369 e. The number of aryl methyl sites for hydroxylation is 1. The van der Waals surface area contributed by atoms with E-state index in [-0.39, 0.29) is 11.8 Å². The predicted octanol–water partition coefficient (Wildman–Crippen LogP) is 4.20. The van der Waals surface area contributed by atoms with Gasteiger partial charge < -0.3 is 15.5 Å². The van der Waals surface area contributed by atoms with Crippen LogP contribution in [0, 0.1) is 12.8 Å². The summed E-state index contributed by atoms with van der Waals surface area (Å²) in [5.74, 6) is 0.179. The van der Waals surface area contributed by atoms with Gasteiger partial charge in [0, 0.05) is 24.5 Å². The second-order valence-corrected chi connectivity index (χ2v) is 9.22. The molecule has 35 heavy (non-hydrogen) atoms. The number of hydrogen-bond acceptors (Lipinski definition) is 8. The first-order valence-electron chi connectivity index (χ1n) is 11.9. The largest absolute Gasteiger partial charge is 0.421 e. The van der Waals surface area contributed by atoms with Crippen molar-refractivity contribution in [3.05, 3.63) is 41.9 Å². The molecule has 0 spiro atoms. The number of tetrazole rings is 1. The summed E-state index contributed by atoms with van der Waals surface area (Å²) in [6.07, 6.45) is 3.31. The van der Waals surface area contributed by atoms with Crippen molar-refractivity contribution >= 4 is 17.5 Å². The molecule has 2 fully saturated rings. The van der Waals surface area contributed by atoms with Crippen molar-refractivity contribution in [1.29, 1.82) is 0 Å². The lowest BCUT2D eigenvalue weighted by molar-refractivity contribution is -0.137. The molecule has 1 aromatic carbocycles. The molecule has 2 aliphatic heterocycles. The summed E-state index contributed by atoms with van der Waals surface area (Å²) < 4.78 is 42.7. The van der Waals surface area contributed by atoms with Crippen LogP contribution in [0.25, 0.3) is 5.69 Å². The van der Waals surface area contributed by atoms with E-state index in [9.17, 15) is 13.2 Å². The molecule has 3 aromatic rings. The summed E-state index contributed by atoms with van der Waals surface area (Å²) in [5, 5.41) is 17.2. The third-order valence-electron chi connectivity index (χ3n) is 6.92. The highest BCUT2D eigenvalue weighted by atomic mass is 19.4. The van der Waals surface area contributed by atoms with Gasteiger partial charge in [0.25, 0.3) is 0 Å². The molecule has 0 bridgehead atoms. The molecule has 2 aliphatic rings. The van der Waals surface area contributed by atoms with E-state index in [0.717, 1.165) is 49.8 Å². The number of nitrogens with zero attached hydrogens (tertiary/aromatic N) is 7. The van der Waals surface area contributed by atoms with Crippen molar-refractivity contribution in [2.45, 2.75) is 51.2 Å². The van der Waals surface area contributed by atoms with E-state index in [1.165, 1.54) is 23.9 Å². The van der Waals surface area contributed by atoms with Crippen LogP contribution in [-0.4, -0.2) is 60.8 Å². The molecule has 2 aromatic heterocycles. The first-order valence-corrected chi connectivity index (χ1v) is 11.9. The smallest absolute Gasteiger partial charge is 0.369 e. The van der Waals surface area contributed by atoms with Gasteiger partial charge in [0.2, 0.25) is 5.95 Å². The second kappa shape index (κ2) is 9.76. The third kappa shape index (κ3) is 5.21. The van der Waals surface area contributed by atoms with E-state index >= 15 is 0 Å². The highest BCUT2D eigenvalue weighted by Gasteiger charge is 2.37. The average Bonchev–Trinajstić information content (AvgIpc) is 3.38. The van der Waals surface area contributed by atoms with Crippen LogP contribution in [0.15, 0.2) is 30.7 Å². The fourth-order valence-corrected chi connectivity index (χ4v) is 5.16. The monoisotopic (exact) mass is 487 g/mol. The standard InChI is InChI=1S/C23H28F3N9/c1-15-7-8-17(11-20(15)35-14-29-32-33-35)30-22-28-13-18(23(24,25)26)21(31-22)27-12-16-5-4-10-34-9-3-2-6-19(16)34/h7-8,11,13-14,16,19H,2-6,9-10,12H2,1H3,(H2,27,28,30,31)/t16-,19+/m0/s1. The molecule has 2 saturated heterocycles. The topological polar surface area (TPSA) is 96.7 Å². The van der Waals surface area contributed by atoms with Crippen LogP contribution in [0.3, 0.4) is 0 Å². The first-order chi connectivity index (χ1) is 16.9. The van der Waals surface area contributed by atoms with Crippen LogP contribution >= 0.6 is 0 Å². The molecule has 0 aliphatic carbocycles.